The smallest absolute Gasteiger partial charge is 0.240 e. The number of nitrogens with two attached hydrogens (primary N) is 1. The molecule has 0 radical (unpaired) electrons. The van der Waals surface area contributed by atoms with Gasteiger partial charge in [-0.1, -0.05) is 19.1 Å². The highest BCUT2D eigenvalue weighted by molar-refractivity contribution is 5.84. The summed E-state index contributed by atoms with van der Waals surface area (Å²) in [5.41, 5.74) is 7.32. The number of carbonyl (C=O) groups excluding carboxylic acids is 1. The van der Waals surface area contributed by atoms with Crippen LogP contribution in [0, 0.1) is 0 Å². The predicted molar refractivity (Wildman–Crippen MR) is 71.3 cm³/mol. The van der Waals surface area contributed by atoms with Gasteiger partial charge in [0.25, 0.3) is 0 Å². The van der Waals surface area contributed by atoms with Gasteiger partial charge in [-0.3, -0.25) is 4.79 Å². The molecule has 0 bridgehead atoms. The van der Waals surface area contributed by atoms with Crippen molar-refractivity contribution in [2.24, 2.45) is 5.73 Å². The largest absolute Gasteiger partial charge is 0.388 e. The van der Waals surface area contributed by atoms with Crippen molar-refractivity contribution in [3.8, 4) is 0 Å². The first-order valence-corrected chi connectivity index (χ1v) is 6.47. The van der Waals surface area contributed by atoms with E-state index in [0.717, 1.165) is 30.6 Å². The lowest BCUT2D eigenvalue weighted by Gasteiger charge is -2.24. The van der Waals surface area contributed by atoms with Crippen molar-refractivity contribution in [3.63, 3.8) is 0 Å². The summed E-state index contributed by atoms with van der Waals surface area (Å²) in [5.74, 6) is -0.259. The molecular weight excluding hydrogens is 228 g/mol. The van der Waals surface area contributed by atoms with Gasteiger partial charge in [-0.2, -0.15) is 0 Å². The number of carbonyl (C=O) groups is 1. The lowest BCUT2D eigenvalue weighted by molar-refractivity contribution is -0.119. The Labute approximate surface area is 107 Å². The van der Waals surface area contributed by atoms with Crippen molar-refractivity contribution in [2.75, 3.05) is 11.4 Å². The molecule has 1 saturated heterocycles. The summed E-state index contributed by atoms with van der Waals surface area (Å²) in [7, 11) is 0. The van der Waals surface area contributed by atoms with E-state index >= 15 is 0 Å². The molecule has 0 saturated carbocycles. The number of hydrogen-bond donors (Lipinski definition) is 2. The van der Waals surface area contributed by atoms with Crippen molar-refractivity contribution >= 4 is 11.6 Å². The molecule has 1 heterocycles. The molecule has 2 atom stereocenters. The van der Waals surface area contributed by atoms with Gasteiger partial charge in [0.15, 0.2) is 0 Å². The van der Waals surface area contributed by atoms with Crippen molar-refractivity contribution in [2.45, 2.75) is 38.3 Å². The normalized spacial score (nSPS) is 21.0. The van der Waals surface area contributed by atoms with Crippen LogP contribution in [0.5, 0.6) is 0 Å². The van der Waals surface area contributed by atoms with E-state index in [1.54, 1.807) is 0 Å². The van der Waals surface area contributed by atoms with E-state index in [1.165, 1.54) is 0 Å². The second kappa shape index (κ2) is 5.40. The van der Waals surface area contributed by atoms with Gasteiger partial charge in [0.05, 0.1) is 6.10 Å². The average molecular weight is 248 g/mol. The predicted octanol–water partition coefficient (Wildman–Crippen LogP) is 1.58. The fraction of sp³-hybridized carbons (Fsp3) is 0.500. The lowest BCUT2D eigenvalue weighted by atomic mass is 10.1. The van der Waals surface area contributed by atoms with Crippen LogP contribution < -0.4 is 10.6 Å². The van der Waals surface area contributed by atoms with Gasteiger partial charge in [-0.25, -0.2) is 0 Å². The Balaban J connectivity index is 2.16. The monoisotopic (exact) mass is 248 g/mol. The van der Waals surface area contributed by atoms with Crippen LogP contribution in [-0.4, -0.2) is 23.6 Å². The van der Waals surface area contributed by atoms with E-state index < -0.39 is 6.10 Å². The number of primary amides is 1. The van der Waals surface area contributed by atoms with Crippen LogP contribution in [-0.2, 0) is 4.79 Å². The summed E-state index contributed by atoms with van der Waals surface area (Å²) in [6, 6.07) is 7.55. The molecule has 2 rings (SSSR count). The molecule has 1 aliphatic heterocycles. The van der Waals surface area contributed by atoms with Crippen LogP contribution in [0.2, 0.25) is 0 Å². The SMILES string of the molecule is CC[C@@H](O)c1ccc(N2CCCC2C(N)=O)cc1. The fourth-order valence-electron chi connectivity index (χ4n) is 2.50. The highest BCUT2D eigenvalue weighted by atomic mass is 16.3. The first-order chi connectivity index (χ1) is 8.63. The summed E-state index contributed by atoms with van der Waals surface area (Å²) in [6.45, 7) is 2.81. The molecule has 18 heavy (non-hydrogen) atoms. The number of anilines is 1. The average Bonchev–Trinajstić information content (AvgIpc) is 2.87. The van der Waals surface area contributed by atoms with Gasteiger partial charge in [0.2, 0.25) is 5.91 Å². The lowest BCUT2D eigenvalue weighted by Crippen LogP contribution is -2.40. The minimum absolute atomic E-state index is 0.188. The standard InChI is InChI=1S/C14H20N2O2/c1-2-13(17)10-5-7-11(8-6-10)16-9-3-4-12(16)14(15)18/h5-8,12-13,17H,2-4,9H2,1H3,(H2,15,18)/t12?,13-/m1/s1. The van der Waals surface area contributed by atoms with E-state index in [9.17, 15) is 9.90 Å². The third-order valence-corrected chi connectivity index (χ3v) is 3.58. The maximum atomic E-state index is 11.3. The van der Waals surface area contributed by atoms with Gasteiger partial charge in [-0.05, 0) is 37.0 Å². The van der Waals surface area contributed by atoms with Gasteiger partial charge < -0.3 is 15.7 Å². The van der Waals surface area contributed by atoms with E-state index in [2.05, 4.69) is 0 Å². The van der Waals surface area contributed by atoms with Crippen molar-refractivity contribution in [1.82, 2.24) is 0 Å². The van der Waals surface area contributed by atoms with Gasteiger partial charge in [0.1, 0.15) is 6.04 Å². The maximum Gasteiger partial charge on any atom is 0.240 e. The molecule has 0 aliphatic carbocycles. The third-order valence-electron chi connectivity index (χ3n) is 3.58. The van der Waals surface area contributed by atoms with Crippen LogP contribution in [0.1, 0.15) is 37.9 Å². The summed E-state index contributed by atoms with van der Waals surface area (Å²) in [6.07, 6.45) is 2.11. The number of nitrogens with zero attached hydrogens (tertiary/aromatic N) is 1. The number of rotatable bonds is 4. The zero-order valence-electron chi connectivity index (χ0n) is 10.7. The van der Waals surface area contributed by atoms with E-state index in [0.29, 0.717) is 6.42 Å². The number of aliphatic hydroxyl groups excluding tert-OH is 1. The van der Waals surface area contributed by atoms with Gasteiger partial charge in [0, 0.05) is 12.2 Å². The van der Waals surface area contributed by atoms with Crippen LogP contribution >= 0.6 is 0 Å². The molecule has 1 aliphatic rings. The molecule has 1 amide bonds. The van der Waals surface area contributed by atoms with Crippen LogP contribution in [0.3, 0.4) is 0 Å². The molecule has 0 aromatic heterocycles. The van der Waals surface area contributed by atoms with E-state index in [1.807, 2.05) is 36.1 Å². The second-order valence-electron chi connectivity index (χ2n) is 4.77. The molecule has 1 aromatic carbocycles. The Morgan fingerprint density at radius 2 is 2.17 bits per heavy atom. The summed E-state index contributed by atoms with van der Waals surface area (Å²) >= 11 is 0. The zero-order chi connectivity index (χ0) is 13.1. The number of aliphatic hydroxyl groups is 1. The van der Waals surface area contributed by atoms with Crippen LogP contribution in [0.25, 0.3) is 0 Å². The highest BCUT2D eigenvalue weighted by Gasteiger charge is 2.28. The topological polar surface area (TPSA) is 66.6 Å². The first-order valence-electron chi connectivity index (χ1n) is 6.47. The fourth-order valence-corrected chi connectivity index (χ4v) is 2.50. The summed E-state index contributed by atoms with van der Waals surface area (Å²) < 4.78 is 0. The Hall–Kier alpha value is -1.55. The van der Waals surface area contributed by atoms with Gasteiger partial charge in [-0.15, -0.1) is 0 Å². The Bertz CT molecular complexity index is 416. The third kappa shape index (κ3) is 2.48. The second-order valence-corrected chi connectivity index (χ2v) is 4.77. The molecule has 98 valence electrons. The molecular formula is C14H20N2O2. The molecule has 4 heteroatoms. The Morgan fingerprint density at radius 3 is 2.72 bits per heavy atom. The van der Waals surface area contributed by atoms with Crippen molar-refractivity contribution in [1.29, 1.82) is 0 Å². The summed E-state index contributed by atoms with van der Waals surface area (Å²) in [5, 5.41) is 9.74. The van der Waals surface area contributed by atoms with E-state index in [-0.39, 0.29) is 11.9 Å². The maximum absolute atomic E-state index is 11.3. The highest BCUT2D eigenvalue weighted by Crippen LogP contribution is 2.27. The number of amides is 1. The van der Waals surface area contributed by atoms with Crippen molar-refractivity contribution in [3.05, 3.63) is 29.8 Å². The zero-order valence-corrected chi connectivity index (χ0v) is 10.7. The quantitative estimate of drug-likeness (QED) is 0.850. The number of benzene rings is 1. The molecule has 4 nitrogen and oxygen atoms in total. The van der Waals surface area contributed by atoms with Crippen LogP contribution in [0.15, 0.2) is 24.3 Å². The molecule has 1 aromatic rings. The molecule has 1 fully saturated rings. The molecule has 1 unspecified atom stereocenters. The Morgan fingerprint density at radius 1 is 1.50 bits per heavy atom. The first kappa shape index (κ1) is 12.9. The van der Waals surface area contributed by atoms with Crippen molar-refractivity contribution < 1.29 is 9.90 Å². The molecule has 3 N–H and O–H groups in total. The van der Waals surface area contributed by atoms with Crippen LogP contribution in [0.4, 0.5) is 5.69 Å². The Kier molecular flexibility index (Phi) is 3.87. The number of hydrogen-bond acceptors (Lipinski definition) is 3. The summed E-state index contributed by atoms with van der Waals surface area (Å²) in [4.78, 5) is 13.4. The van der Waals surface area contributed by atoms with E-state index in [4.69, 9.17) is 5.73 Å². The van der Waals surface area contributed by atoms with Gasteiger partial charge >= 0.3 is 0 Å². The minimum atomic E-state index is -0.412. The minimum Gasteiger partial charge on any atom is -0.388 e. The molecule has 0 spiro atoms.